The summed E-state index contributed by atoms with van der Waals surface area (Å²) < 4.78 is 5.39. The first-order valence-electron chi connectivity index (χ1n) is 9.16. The third kappa shape index (κ3) is 4.27. The van der Waals surface area contributed by atoms with E-state index >= 15 is 0 Å². The van der Waals surface area contributed by atoms with E-state index in [1.807, 2.05) is 26.0 Å². The smallest absolute Gasteiger partial charge is 0.321 e. The van der Waals surface area contributed by atoms with Crippen molar-refractivity contribution in [3.05, 3.63) is 23.8 Å². The highest BCUT2D eigenvalue weighted by Crippen LogP contribution is 2.26. The second-order valence-electron chi connectivity index (χ2n) is 7.31. The molecule has 0 bridgehead atoms. The van der Waals surface area contributed by atoms with Gasteiger partial charge in [0.25, 0.3) is 0 Å². The van der Waals surface area contributed by atoms with Crippen LogP contribution in [0, 0.1) is 18.8 Å². The molecule has 7 nitrogen and oxygen atoms in total. The van der Waals surface area contributed by atoms with Gasteiger partial charge in [0.05, 0.1) is 19.1 Å². The number of hydrogen-bond donors (Lipinski definition) is 2. The Morgan fingerprint density at radius 1 is 1.23 bits per heavy atom. The van der Waals surface area contributed by atoms with Crippen LogP contribution in [0.2, 0.25) is 0 Å². The molecule has 3 rings (SSSR count). The highest BCUT2D eigenvalue weighted by molar-refractivity contribution is 5.91. The average Bonchev–Trinajstić information content (AvgIpc) is 2.63. The van der Waals surface area contributed by atoms with E-state index in [0.29, 0.717) is 26.2 Å². The standard InChI is InChI=1S/C19H27N3O4/c1-13-9-15(18(23)24)12-22(11-13)19(25)20-17-10-16(4-3-14(17)2)21-5-7-26-8-6-21/h3-4,10,13,15H,5-9,11-12H2,1-2H3,(H,20,25)(H,23,24). The van der Waals surface area contributed by atoms with Gasteiger partial charge >= 0.3 is 12.0 Å². The molecule has 1 aromatic rings. The molecule has 1 aromatic carbocycles. The Labute approximate surface area is 153 Å². The number of carbonyl (C=O) groups excluding carboxylic acids is 1. The van der Waals surface area contributed by atoms with Crippen molar-refractivity contribution >= 4 is 23.4 Å². The fourth-order valence-electron chi connectivity index (χ4n) is 3.65. The Balaban J connectivity index is 1.71. The summed E-state index contributed by atoms with van der Waals surface area (Å²) in [6, 6.07) is 5.81. The lowest BCUT2D eigenvalue weighted by atomic mass is 9.91. The van der Waals surface area contributed by atoms with E-state index in [9.17, 15) is 14.7 Å². The van der Waals surface area contributed by atoms with Gasteiger partial charge in [0.1, 0.15) is 0 Å². The van der Waals surface area contributed by atoms with Crippen molar-refractivity contribution < 1.29 is 19.4 Å². The maximum absolute atomic E-state index is 12.7. The van der Waals surface area contributed by atoms with Crippen molar-refractivity contribution in [1.29, 1.82) is 0 Å². The highest BCUT2D eigenvalue weighted by Gasteiger charge is 2.32. The van der Waals surface area contributed by atoms with Crippen LogP contribution in [0.3, 0.4) is 0 Å². The predicted octanol–water partition coefficient (Wildman–Crippen LogP) is 2.41. The van der Waals surface area contributed by atoms with E-state index in [1.165, 1.54) is 0 Å². The monoisotopic (exact) mass is 361 g/mol. The fourth-order valence-corrected chi connectivity index (χ4v) is 3.65. The number of hydrogen-bond acceptors (Lipinski definition) is 4. The number of carboxylic acid groups (broad SMARTS) is 1. The third-order valence-corrected chi connectivity index (χ3v) is 5.14. The van der Waals surface area contributed by atoms with Gasteiger partial charge in [-0.1, -0.05) is 13.0 Å². The van der Waals surface area contributed by atoms with Crippen LogP contribution in [0.15, 0.2) is 18.2 Å². The second-order valence-corrected chi connectivity index (χ2v) is 7.31. The molecule has 0 aromatic heterocycles. The van der Waals surface area contributed by atoms with Crippen molar-refractivity contribution in [2.75, 3.05) is 49.6 Å². The number of ether oxygens (including phenoxy) is 1. The number of carboxylic acids is 1. The number of aliphatic carboxylic acids is 1. The molecule has 0 radical (unpaired) electrons. The lowest BCUT2D eigenvalue weighted by molar-refractivity contribution is -0.143. The number of morpholine rings is 1. The van der Waals surface area contributed by atoms with Gasteiger partial charge in [-0.25, -0.2) is 4.79 Å². The van der Waals surface area contributed by atoms with Crippen LogP contribution in [0.5, 0.6) is 0 Å². The number of rotatable bonds is 3. The van der Waals surface area contributed by atoms with Crippen LogP contribution in [-0.4, -0.2) is 61.4 Å². The van der Waals surface area contributed by atoms with Crippen molar-refractivity contribution in [3.63, 3.8) is 0 Å². The average molecular weight is 361 g/mol. The zero-order valence-electron chi connectivity index (χ0n) is 15.4. The molecule has 2 atom stereocenters. The summed E-state index contributed by atoms with van der Waals surface area (Å²) in [4.78, 5) is 27.9. The Bertz CT molecular complexity index is 673. The lowest BCUT2D eigenvalue weighted by Crippen LogP contribution is -2.47. The predicted molar refractivity (Wildman–Crippen MR) is 99.7 cm³/mol. The number of amides is 2. The number of piperidine rings is 1. The molecule has 2 aliphatic rings. The summed E-state index contributed by atoms with van der Waals surface area (Å²) in [6.07, 6.45) is 0.616. The minimum Gasteiger partial charge on any atom is -0.481 e. The van der Waals surface area contributed by atoms with Gasteiger partial charge in [0.15, 0.2) is 0 Å². The number of nitrogens with zero attached hydrogens (tertiary/aromatic N) is 2. The molecule has 142 valence electrons. The van der Waals surface area contributed by atoms with Crippen molar-refractivity contribution in [2.24, 2.45) is 11.8 Å². The van der Waals surface area contributed by atoms with Gasteiger partial charge in [0.2, 0.25) is 0 Å². The fraction of sp³-hybridized carbons (Fsp3) is 0.579. The van der Waals surface area contributed by atoms with Gasteiger partial charge in [0, 0.05) is 37.6 Å². The molecule has 2 N–H and O–H groups in total. The second kappa shape index (κ2) is 7.95. The summed E-state index contributed by atoms with van der Waals surface area (Å²) in [5, 5.41) is 12.3. The largest absolute Gasteiger partial charge is 0.481 e. The molecule has 0 aliphatic carbocycles. The maximum atomic E-state index is 12.7. The zero-order valence-corrected chi connectivity index (χ0v) is 15.4. The normalized spacial score (nSPS) is 23.6. The van der Waals surface area contributed by atoms with Crippen LogP contribution in [-0.2, 0) is 9.53 Å². The molecule has 2 heterocycles. The number of likely N-dealkylation sites (tertiary alicyclic amines) is 1. The number of anilines is 2. The first kappa shape index (κ1) is 18.5. The van der Waals surface area contributed by atoms with Crippen LogP contribution < -0.4 is 10.2 Å². The van der Waals surface area contributed by atoms with E-state index in [-0.39, 0.29) is 18.5 Å². The Morgan fingerprint density at radius 2 is 1.96 bits per heavy atom. The summed E-state index contributed by atoms with van der Waals surface area (Å²) >= 11 is 0. The quantitative estimate of drug-likeness (QED) is 0.864. The van der Waals surface area contributed by atoms with Gasteiger partial charge in [-0.15, -0.1) is 0 Å². The summed E-state index contributed by atoms with van der Waals surface area (Å²) in [5.74, 6) is -1.15. The number of carbonyl (C=O) groups is 2. The van der Waals surface area contributed by atoms with Gasteiger partial charge < -0.3 is 25.0 Å². The van der Waals surface area contributed by atoms with Crippen molar-refractivity contribution in [3.8, 4) is 0 Å². The Kier molecular flexibility index (Phi) is 5.66. The first-order valence-corrected chi connectivity index (χ1v) is 9.16. The van der Waals surface area contributed by atoms with E-state index in [4.69, 9.17) is 4.74 Å². The Hall–Kier alpha value is -2.28. The minimum absolute atomic E-state index is 0.177. The molecule has 2 aliphatic heterocycles. The maximum Gasteiger partial charge on any atom is 0.321 e. The van der Waals surface area contributed by atoms with Crippen LogP contribution >= 0.6 is 0 Å². The highest BCUT2D eigenvalue weighted by atomic mass is 16.5. The lowest BCUT2D eigenvalue weighted by Gasteiger charge is -2.35. The molecule has 2 unspecified atom stereocenters. The van der Waals surface area contributed by atoms with Crippen LogP contribution in [0.4, 0.5) is 16.2 Å². The number of benzene rings is 1. The molecule has 7 heteroatoms. The van der Waals surface area contributed by atoms with E-state index in [1.54, 1.807) is 4.90 Å². The third-order valence-electron chi connectivity index (χ3n) is 5.14. The minimum atomic E-state index is -0.833. The molecule has 2 saturated heterocycles. The van der Waals surface area contributed by atoms with Gasteiger partial charge in [-0.3, -0.25) is 4.79 Å². The molecule has 0 spiro atoms. The molecular weight excluding hydrogens is 334 g/mol. The number of aryl methyl sites for hydroxylation is 1. The van der Waals surface area contributed by atoms with Gasteiger partial charge in [-0.05, 0) is 37.0 Å². The molecule has 2 fully saturated rings. The van der Waals surface area contributed by atoms with Crippen molar-refractivity contribution in [2.45, 2.75) is 20.3 Å². The summed E-state index contributed by atoms with van der Waals surface area (Å²) in [6.45, 7) is 7.86. The molecule has 2 amide bonds. The summed E-state index contributed by atoms with van der Waals surface area (Å²) in [5.41, 5.74) is 2.81. The SMILES string of the molecule is Cc1ccc(N2CCOCC2)cc1NC(=O)N1CC(C)CC(C(=O)O)C1. The number of nitrogens with one attached hydrogen (secondary N) is 1. The number of urea groups is 1. The van der Waals surface area contributed by atoms with E-state index in [0.717, 1.165) is 30.0 Å². The summed E-state index contributed by atoms with van der Waals surface area (Å²) in [7, 11) is 0. The van der Waals surface area contributed by atoms with Gasteiger partial charge in [-0.2, -0.15) is 0 Å². The van der Waals surface area contributed by atoms with Crippen LogP contribution in [0.1, 0.15) is 18.9 Å². The molecule has 0 saturated carbocycles. The molecular formula is C19H27N3O4. The topological polar surface area (TPSA) is 82.1 Å². The Morgan fingerprint density at radius 3 is 2.65 bits per heavy atom. The van der Waals surface area contributed by atoms with E-state index in [2.05, 4.69) is 16.3 Å². The van der Waals surface area contributed by atoms with Crippen molar-refractivity contribution in [1.82, 2.24) is 4.90 Å². The van der Waals surface area contributed by atoms with Crippen LogP contribution in [0.25, 0.3) is 0 Å². The molecule has 26 heavy (non-hydrogen) atoms. The van der Waals surface area contributed by atoms with E-state index < -0.39 is 11.9 Å². The zero-order chi connectivity index (χ0) is 18.7. The first-order chi connectivity index (χ1) is 12.4.